The molecule has 1 saturated heterocycles. The summed E-state index contributed by atoms with van der Waals surface area (Å²) < 4.78 is 67.7. The first kappa shape index (κ1) is 20.8. The lowest BCUT2D eigenvalue weighted by atomic mass is 9.86. The second-order valence-electron chi connectivity index (χ2n) is 7.06. The monoisotopic (exact) mass is 413 g/mol. The van der Waals surface area contributed by atoms with Crippen LogP contribution in [0.4, 0.5) is 13.2 Å². The molecule has 0 saturated carbocycles. The van der Waals surface area contributed by atoms with Crippen molar-refractivity contribution < 1.29 is 26.7 Å². The van der Waals surface area contributed by atoms with Crippen LogP contribution in [0.1, 0.15) is 35.6 Å². The first-order chi connectivity index (χ1) is 13.1. The molecule has 1 aliphatic heterocycles. The number of benzene rings is 2. The topological polar surface area (TPSA) is 57.6 Å². The summed E-state index contributed by atoms with van der Waals surface area (Å²) in [6.07, 6.45) is -5.05. The van der Waals surface area contributed by atoms with Crippen molar-refractivity contribution in [2.75, 3.05) is 6.54 Å². The molecule has 0 bridgehead atoms. The maximum atomic E-state index is 13.4. The molecule has 2 aromatic rings. The van der Waals surface area contributed by atoms with Gasteiger partial charge in [0.15, 0.2) is 0 Å². The van der Waals surface area contributed by atoms with Crippen LogP contribution in [0.3, 0.4) is 0 Å². The van der Waals surface area contributed by atoms with Gasteiger partial charge in [-0.15, -0.1) is 0 Å². The van der Waals surface area contributed by atoms with E-state index in [1.807, 2.05) is 6.92 Å². The van der Waals surface area contributed by atoms with Crippen LogP contribution in [0.5, 0.6) is 0 Å². The predicted octanol–water partition coefficient (Wildman–Crippen LogP) is 4.19. The third kappa shape index (κ3) is 4.09. The van der Waals surface area contributed by atoms with Gasteiger partial charge in [-0.3, -0.25) is 0 Å². The summed E-state index contributed by atoms with van der Waals surface area (Å²) in [7, 11) is -3.99. The lowest BCUT2D eigenvalue weighted by molar-refractivity contribution is -0.187. The Morgan fingerprint density at radius 3 is 2.36 bits per heavy atom. The third-order valence-corrected chi connectivity index (χ3v) is 7.15. The van der Waals surface area contributed by atoms with Gasteiger partial charge in [-0.2, -0.15) is 17.5 Å². The smallest absolute Gasteiger partial charge is 0.391 e. The number of nitrogens with zero attached hydrogens (tertiary/aromatic N) is 1. The number of aryl methyl sites for hydroxylation is 1. The first-order valence-electron chi connectivity index (χ1n) is 8.98. The fraction of sp³-hybridized carbons (Fsp3) is 0.400. The number of aliphatic hydroxyl groups is 1. The minimum atomic E-state index is -4.40. The van der Waals surface area contributed by atoms with Gasteiger partial charge in [0.25, 0.3) is 0 Å². The van der Waals surface area contributed by atoms with Gasteiger partial charge in [-0.25, -0.2) is 8.42 Å². The van der Waals surface area contributed by atoms with Crippen molar-refractivity contribution in [2.24, 2.45) is 5.92 Å². The Morgan fingerprint density at radius 2 is 1.75 bits per heavy atom. The molecule has 0 spiro atoms. The number of piperidine rings is 1. The van der Waals surface area contributed by atoms with Crippen LogP contribution in [0.2, 0.25) is 0 Å². The molecule has 1 fully saturated rings. The average molecular weight is 413 g/mol. The van der Waals surface area contributed by atoms with Crippen molar-refractivity contribution in [3.63, 3.8) is 0 Å². The van der Waals surface area contributed by atoms with Gasteiger partial charge in [-0.1, -0.05) is 42.0 Å². The van der Waals surface area contributed by atoms with Crippen molar-refractivity contribution in [1.29, 1.82) is 0 Å². The SMILES string of the molecule is Cc1ccc(S(=O)(=O)N2CCC(C(F)(F)F)CC2c2ccccc2CO)cc1. The molecular formula is C20H22F3NO3S. The van der Waals surface area contributed by atoms with Crippen LogP contribution in [0.15, 0.2) is 53.4 Å². The molecule has 152 valence electrons. The zero-order valence-corrected chi connectivity index (χ0v) is 16.2. The molecule has 1 N–H and O–H groups in total. The van der Waals surface area contributed by atoms with Crippen LogP contribution in [-0.2, 0) is 16.6 Å². The molecule has 1 aliphatic rings. The maximum absolute atomic E-state index is 13.4. The van der Waals surface area contributed by atoms with Gasteiger partial charge in [0, 0.05) is 6.54 Å². The molecular weight excluding hydrogens is 391 g/mol. The molecule has 0 amide bonds. The summed E-state index contributed by atoms with van der Waals surface area (Å²) in [5.41, 5.74) is 1.73. The molecule has 2 unspecified atom stereocenters. The largest absolute Gasteiger partial charge is 0.392 e. The van der Waals surface area contributed by atoms with Crippen LogP contribution >= 0.6 is 0 Å². The van der Waals surface area contributed by atoms with Crippen LogP contribution < -0.4 is 0 Å². The van der Waals surface area contributed by atoms with E-state index in [0.717, 1.165) is 9.87 Å². The third-order valence-electron chi connectivity index (χ3n) is 5.23. The summed E-state index contributed by atoms with van der Waals surface area (Å²) in [4.78, 5) is 0.0510. The summed E-state index contributed by atoms with van der Waals surface area (Å²) in [6.45, 7) is 1.22. The van der Waals surface area contributed by atoms with E-state index in [-0.39, 0.29) is 30.9 Å². The van der Waals surface area contributed by atoms with E-state index >= 15 is 0 Å². The highest BCUT2D eigenvalue weighted by molar-refractivity contribution is 7.89. The Kier molecular flexibility index (Phi) is 5.84. The van der Waals surface area contributed by atoms with Crippen molar-refractivity contribution in [2.45, 2.75) is 43.5 Å². The normalized spacial score (nSPS) is 21.6. The quantitative estimate of drug-likeness (QED) is 0.818. The second-order valence-corrected chi connectivity index (χ2v) is 8.96. The molecule has 0 aliphatic carbocycles. The lowest BCUT2D eigenvalue weighted by Crippen LogP contribution is -2.44. The van der Waals surface area contributed by atoms with Crippen LogP contribution in [-0.4, -0.2) is 30.6 Å². The van der Waals surface area contributed by atoms with E-state index in [0.29, 0.717) is 11.1 Å². The Labute approximate surface area is 162 Å². The standard InChI is InChI=1S/C20H22F3NO3S/c1-14-6-8-17(9-7-14)28(26,27)24-11-10-16(20(21,22)23)12-19(24)18-5-3-2-4-15(18)13-25/h2-9,16,19,25H,10-13H2,1H3. The van der Waals surface area contributed by atoms with E-state index in [1.54, 1.807) is 36.4 Å². The summed E-state index contributed by atoms with van der Waals surface area (Å²) in [5.74, 6) is -1.59. The van der Waals surface area contributed by atoms with Crippen LogP contribution in [0.25, 0.3) is 0 Å². The fourth-order valence-corrected chi connectivity index (χ4v) is 5.29. The van der Waals surface area contributed by atoms with Gasteiger partial charge in [0.05, 0.1) is 23.5 Å². The Hall–Kier alpha value is -1.90. The van der Waals surface area contributed by atoms with E-state index in [4.69, 9.17) is 0 Å². The summed E-state index contributed by atoms with van der Waals surface area (Å²) in [5, 5.41) is 9.62. The summed E-state index contributed by atoms with van der Waals surface area (Å²) in [6, 6.07) is 11.8. The van der Waals surface area contributed by atoms with Crippen molar-refractivity contribution >= 4 is 10.0 Å². The average Bonchev–Trinajstić information content (AvgIpc) is 2.67. The number of aliphatic hydroxyl groups excluding tert-OH is 1. The molecule has 28 heavy (non-hydrogen) atoms. The molecule has 3 rings (SSSR count). The molecule has 0 aromatic heterocycles. The van der Waals surface area contributed by atoms with Gasteiger partial charge in [0.1, 0.15) is 0 Å². The minimum absolute atomic E-state index is 0.0510. The number of halogens is 3. The maximum Gasteiger partial charge on any atom is 0.391 e. The van der Waals surface area contributed by atoms with Crippen molar-refractivity contribution in [3.8, 4) is 0 Å². The highest BCUT2D eigenvalue weighted by Gasteiger charge is 2.47. The first-order valence-corrected chi connectivity index (χ1v) is 10.4. The highest BCUT2D eigenvalue weighted by Crippen LogP contribution is 2.44. The molecule has 2 atom stereocenters. The van der Waals surface area contributed by atoms with E-state index < -0.39 is 28.2 Å². The van der Waals surface area contributed by atoms with Gasteiger partial charge < -0.3 is 5.11 Å². The number of rotatable bonds is 4. The van der Waals surface area contributed by atoms with Gasteiger partial charge in [0.2, 0.25) is 10.0 Å². The zero-order valence-electron chi connectivity index (χ0n) is 15.4. The lowest BCUT2D eigenvalue weighted by Gasteiger charge is -2.40. The molecule has 2 aromatic carbocycles. The van der Waals surface area contributed by atoms with Crippen molar-refractivity contribution in [1.82, 2.24) is 4.31 Å². The Bertz CT molecular complexity index is 926. The van der Waals surface area contributed by atoms with E-state index in [2.05, 4.69) is 0 Å². The van der Waals surface area contributed by atoms with Gasteiger partial charge >= 0.3 is 6.18 Å². The fourth-order valence-electron chi connectivity index (χ4n) is 3.66. The number of sulfonamides is 1. The highest BCUT2D eigenvalue weighted by atomic mass is 32.2. The number of hydrogen-bond donors (Lipinski definition) is 1. The van der Waals surface area contributed by atoms with Crippen LogP contribution in [0, 0.1) is 12.8 Å². The Balaban J connectivity index is 2.06. The molecule has 0 radical (unpaired) electrons. The Morgan fingerprint density at radius 1 is 1.11 bits per heavy atom. The minimum Gasteiger partial charge on any atom is -0.392 e. The predicted molar refractivity (Wildman–Crippen MR) is 99.0 cm³/mol. The second kappa shape index (κ2) is 7.85. The number of alkyl halides is 3. The molecule has 8 heteroatoms. The molecule has 1 heterocycles. The van der Waals surface area contributed by atoms with E-state index in [1.165, 1.54) is 12.1 Å². The number of hydrogen-bond acceptors (Lipinski definition) is 3. The van der Waals surface area contributed by atoms with E-state index in [9.17, 15) is 26.7 Å². The summed E-state index contributed by atoms with van der Waals surface area (Å²) >= 11 is 0. The molecule has 4 nitrogen and oxygen atoms in total. The van der Waals surface area contributed by atoms with Gasteiger partial charge in [-0.05, 0) is 43.0 Å². The zero-order chi connectivity index (χ0) is 20.5. The van der Waals surface area contributed by atoms with Crippen molar-refractivity contribution in [3.05, 3.63) is 65.2 Å².